The van der Waals surface area contributed by atoms with Crippen molar-refractivity contribution in [2.75, 3.05) is 7.11 Å². The predicted molar refractivity (Wildman–Crippen MR) is 105 cm³/mol. The van der Waals surface area contributed by atoms with Crippen molar-refractivity contribution in [3.8, 4) is 0 Å². The third-order valence-electron chi connectivity index (χ3n) is 4.58. The Balaban J connectivity index is 2.08. The zero-order valence-corrected chi connectivity index (χ0v) is 15.6. The SMILES string of the molecule is COC(=O)c1cc(Cc2ccccc2)c(C(C)C)n1Cc1ccccc1. The quantitative estimate of drug-likeness (QED) is 0.585. The molecule has 0 radical (unpaired) electrons. The van der Waals surface area contributed by atoms with Gasteiger partial charge in [-0.3, -0.25) is 0 Å². The summed E-state index contributed by atoms with van der Waals surface area (Å²) in [6.07, 6.45) is 0.806. The Morgan fingerprint density at radius 2 is 1.54 bits per heavy atom. The van der Waals surface area contributed by atoms with Gasteiger partial charge in [-0.05, 0) is 35.1 Å². The largest absolute Gasteiger partial charge is 0.464 e. The molecule has 1 heterocycles. The second kappa shape index (κ2) is 8.05. The van der Waals surface area contributed by atoms with Crippen molar-refractivity contribution in [2.24, 2.45) is 0 Å². The first kappa shape index (κ1) is 18.0. The molecule has 0 bridgehead atoms. The first-order valence-electron chi connectivity index (χ1n) is 8.98. The molecule has 0 fully saturated rings. The van der Waals surface area contributed by atoms with Gasteiger partial charge in [0.25, 0.3) is 0 Å². The average molecular weight is 347 g/mol. The fourth-order valence-corrected chi connectivity index (χ4v) is 3.47. The highest BCUT2D eigenvalue weighted by Gasteiger charge is 2.22. The lowest BCUT2D eigenvalue weighted by molar-refractivity contribution is 0.0588. The van der Waals surface area contributed by atoms with Gasteiger partial charge >= 0.3 is 5.97 Å². The van der Waals surface area contributed by atoms with E-state index in [-0.39, 0.29) is 5.97 Å². The molecule has 3 aromatic rings. The number of esters is 1. The fraction of sp³-hybridized carbons (Fsp3) is 0.261. The van der Waals surface area contributed by atoms with Gasteiger partial charge in [0.2, 0.25) is 0 Å². The van der Waals surface area contributed by atoms with E-state index in [4.69, 9.17) is 4.74 Å². The van der Waals surface area contributed by atoms with Crippen molar-refractivity contribution in [1.29, 1.82) is 0 Å². The molecular weight excluding hydrogens is 322 g/mol. The van der Waals surface area contributed by atoms with E-state index < -0.39 is 0 Å². The van der Waals surface area contributed by atoms with E-state index in [9.17, 15) is 4.79 Å². The smallest absolute Gasteiger partial charge is 0.354 e. The minimum Gasteiger partial charge on any atom is -0.464 e. The molecule has 0 saturated heterocycles. The maximum atomic E-state index is 12.4. The summed E-state index contributed by atoms with van der Waals surface area (Å²) in [6, 6.07) is 22.6. The van der Waals surface area contributed by atoms with Crippen LogP contribution in [0.2, 0.25) is 0 Å². The second-order valence-corrected chi connectivity index (χ2v) is 6.82. The summed E-state index contributed by atoms with van der Waals surface area (Å²) in [7, 11) is 1.44. The molecule has 2 aromatic carbocycles. The van der Waals surface area contributed by atoms with Crippen LogP contribution in [-0.4, -0.2) is 17.6 Å². The van der Waals surface area contributed by atoms with Crippen LogP contribution in [0.1, 0.15) is 52.6 Å². The van der Waals surface area contributed by atoms with Crippen LogP contribution in [0.15, 0.2) is 66.7 Å². The summed E-state index contributed by atoms with van der Waals surface area (Å²) >= 11 is 0. The third-order valence-corrected chi connectivity index (χ3v) is 4.58. The summed E-state index contributed by atoms with van der Waals surface area (Å²) in [5.41, 5.74) is 5.40. The minimum absolute atomic E-state index is 0.290. The van der Waals surface area contributed by atoms with Crippen molar-refractivity contribution in [3.63, 3.8) is 0 Å². The molecule has 0 unspecified atom stereocenters. The molecular formula is C23H25NO2. The fourth-order valence-electron chi connectivity index (χ4n) is 3.47. The van der Waals surface area contributed by atoms with Crippen LogP contribution in [0.3, 0.4) is 0 Å². The van der Waals surface area contributed by atoms with Crippen molar-refractivity contribution < 1.29 is 9.53 Å². The lowest BCUT2D eigenvalue weighted by Gasteiger charge is -2.17. The molecule has 3 heteroatoms. The first-order valence-corrected chi connectivity index (χ1v) is 8.98. The number of hydrogen-bond acceptors (Lipinski definition) is 2. The lowest BCUT2D eigenvalue weighted by Crippen LogP contribution is -2.14. The molecule has 1 aromatic heterocycles. The number of methoxy groups -OCH3 is 1. The standard InChI is InChI=1S/C23H25NO2/c1-17(2)22-20(14-18-10-6-4-7-11-18)15-21(23(25)26-3)24(22)16-19-12-8-5-9-13-19/h4-13,15,17H,14,16H2,1-3H3. The van der Waals surface area contributed by atoms with Crippen LogP contribution in [0.5, 0.6) is 0 Å². The van der Waals surface area contributed by atoms with Gasteiger partial charge in [-0.1, -0.05) is 74.5 Å². The number of nitrogens with zero attached hydrogens (tertiary/aromatic N) is 1. The average Bonchev–Trinajstić information content (AvgIpc) is 3.00. The molecule has 0 aliphatic carbocycles. The molecule has 3 rings (SSSR count). The number of benzene rings is 2. The van der Waals surface area contributed by atoms with Crippen molar-refractivity contribution in [1.82, 2.24) is 4.57 Å². The lowest BCUT2D eigenvalue weighted by atomic mass is 9.99. The maximum Gasteiger partial charge on any atom is 0.354 e. The molecule has 0 atom stereocenters. The molecule has 134 valence electrons. The van der Waals surface area contributed by atoms with Gasteiger partial charge in [0.1, 0.15) is 5.69 Å². The van der Waals surface area contributed by atoms with Crippen LogP contribution in [0, 0.1) is 0 Å². The highest BCUT2D eigenvalue weighted by molar-refractivity contribution is 5.88. The normalized spacial score (nSPS) is 10.9. The molecule has 0 N–H and O–H groups in total. The number of ether oxygens (including phenoxy) is 1. The Hall–Kier alpha value is -2.81. The summed E-state index contributed by atoms with van der Waals surface area (Å²) in [5, 5.41) is 0. The van der Waals surface area contributed by atoms with Gasteiger partial charge in [-0.2, -0.15) is 0 Å². The number of aromatic nitrogens is 1. The van der Waals surface area contributed by atoms with Gasteiger partial charge in [-0.15, -0.1) is 0 Å². The van der Waals surface area contributed by atoms with Crippen LogP contribution in [-0.2, 0) is 17.7 Å². The van der Waals surface area contributed by atoms with Gasteiger partial charge in [0, 0.05) is 12.2 Å². The maximum absolute atomic E-state index is 12.4. The molecule has 3 nitrogen and oxygen atoms in total. The number of hydrogen-bond donors (Lipinski definition) is 0. The van der Waals surface area contributed by atoms with E-state index >= 15 is 0 Å². The molecule has 0 spiro atoms. The highest BCUT2D eigenvalue weighted by atomic mass is 16.5. The van der Waals surface area contributed by atoms with E-state index in [0.29, 0.717) is 18.2 Å². The van der Waals surface area contributed by atoms with E-state index in [1.54, 1.807) is 0 Å². The van der Waals surface area contributed by atoms with Crippen LogP contribution >= 0.6 is 0 Å². The van der Waals surface area contributed by atoms with E-state index in [1.165, 1.54) is 29.5 Å². The van der Waals surface area contributed by atoms with Gasteiger partial charge in [0.05, 0.1) is 7.11 Å². The van der Waals surface area contributed by atoms with Crippen molar-refractivity contribution in [3.05, 3.63) is 94.8 Å². The van der Waals surface area contributed by atoms with Gasteiger partial charge < -0.3 is 9.30 Å². The van der Waals surface area contributed by atoms with E-state index in [2.05, 4.69) is 42.7 Å². The van der Waals surface area contributed by atoms with E-state index in [0.717, 1.165) is 6.42 Å². The summed E-state index contributed by atoms with van der Waals surface area (Å²) in [5.74, 6) is 0.0120. The van der Waals surface area contributed by atoms with Crippen LogP contribution in [0.25, 0.3) is 0 Å². The predicted octanol–water partition coefficient (Wildman–Crippen LogP) is 5.04. The summed E-state index contributed by atoms with van der Waals surface area (Å²) in [6.45, 7) is 5.01. The number of rotatable bonds is 6. The van der Waals surface area contributed by atoms with Gasteiger partial charge in [-0.25, -0.2) is 4.79 Å². The molecule has 0 amide bonds. The minimum atomic E-state index is -0.290. The Kier molecular flexibility index (Phi) is 5.57. The van der Waals surface area contributed by atoms with Crippen molar-refractivity contribution in [2.45, 2.75) is 32.7 Å². The Morgan fingerprint density at radius 3 is 2.08 bits per heavy atom. The summed E-state index contributed by atoms with van der Waals surface area (Å²) < 4.78 is 7.17. The van der Waals surface area contributed by atoms with Crippen LogP contribution in [0.4, 0.5) is 0 Å². The molecule has 0 aliphatic rings. The van der Waals surface area contributed by atoms with Gasteiger partial charge in [0.15, 0.2) is 0 Å². The van der Waals surface area contributed by atoms with E-state index in [1.807, 2.05) is 42.5 Å². The molecule has 26 heavy (non-hydrogen) atoms. The number of carbonyl (C=O) groups is 1. The Morgan fingerprint density at radius 1 is 0.962 bits per heavy atom. The first-order chi connectivity index (χ1) is 12.6. The Bertz CT molecular complexity index is 864. The summed E-state index contributed by atoms with van der Waals surface area (Å²) in [4.78, 5) is 12.4. The van der Waals surface area contributed by atoms with Crippen molar-refractivity contribution >= 4 is 5.97 Å². The zero-order valence-electron chi connectivity index (χ0n) is 15.6. The zero-order chi connectivity index (χ0) is 18.5. The topological polar surface area (TPSA) is 31.2 Å². The molecule has 0 aliphatic heterocycles. The number of carbonyl (C=O) groups excluding carboxylic acids is 1. The second-order valence-electron chi connectivity index (χ2n) is 6.82. The molecule has 0 saturated carbocycles. The van der Waals surface area contributed by atoms with Crippen LogP contribution < -0.4 is 0 Å². The Labute approximate surface area is 155 Å². The third kappa shape index (κ3) is 3.88. The highest BCUT2D eigenvalue weighted by Crippen LogP contribution is 2.28. The monoisotopic (exact) mass is 347 g/mol.